The Morgan fingerprint density at radius 2 is 1.72 bits per heavy atom. The van der Waals surface area contributed by atoms with Gasteiger partial charge in [0.15, 0.2) is 5.71 Å². The van der Waals surface area contributed by atoms with Crippen molar-refractivity contribution in [1.82, 2.24) is 0 Å². The number of oxime groups is 1. The first-order valence-electron chi connectivity index (χ1n) is 5.75. The summed E-state index contributed by atoms with van der Waals surface area (Å²) >= 11 is 0. The quantitative estimate of drug-likeness (QED) is 0.470. The summed E-state index contributed by atoms with van der Waals surface area (Å²) in [7, 11) is 1.32. The lowest BCUT2D eigenvalue weighted by Crippen LogP contribution is -2.22. The molecule has 18 heavy (non-hydrogen) atoms. The highest BCUT2D eigenvalue weighted by Crippen LogP contribution is 2.11. The van der Waals surface area contributed by atoms with Crippen molar-refractivity contribution in [3.8, 4) is 0 Å². The summed E-state index contributed by atoms with van der Waals surface area (Å²) in [5, 5.41) is 3.91. The minimum atomic E-state index is -0.511. The third-order valence-corrected chi connectivity index (χ3v) is 2.11. The minimum absolute atomic E-state index is 0.174. The van der Waals surface area contributed by atoms with Gasteiger partial charge >= 0.3 is 5.97 Å². The second kappa shape index (κ2) is 5.67. The lowest BCUT2D eigenvalue weighted by molar-refractivity contribution is -0.133. The van der Waals surface area contributed by atoms with Crippen molar-refractivity contribution in [2.45, 2.75) is 33.3 Å². The summed E-state index contributed by atoms with van der Waals surface area (Å²) in [5.74, 6) is -0.511. The maximum absolute atomic E-state index is 11.7. The van der Waals surface area contributed by atoms with Crippen LogP contribution in [0.1, 0.15) is 31.9 Å². The molecule has 1 aromatic rings. The number of nitrogens with zero attached hydrogens (tertiary/aromatic N) is 1. The summed E-state index contributed by atoms with van der Waals surface area (Å²) in [6.07, 6.45) is 0. The molecule has 0 aliphatic rings. The molecule has 4 heteroatoms. The van der Waals surface area contributed by atoms with Gasteiger partial charge in [-0.3, -0.25) is 0 Å². The van der Waals surface area contributed by atoms with Gasteiger partial charge in [0.25, 0.3) is 0 Å². The van der Waals surface area contributed by atoms with Crippen molar-refractivity contribution in [3.63, 3.8) is 0 Å². The fraction of sp³-hybridized carbons (Fsp3) is 0.429. The summed E-state index contributed by atoms with van der Waals surface area (Å²) in [5.41, 5.74) is 1.51. The van der Waals surface area contributed by atoms with Crippen LogP contribution < -0.4 is 0 Å². The SMILES string of the molecule is COC(=O)/C(=N\OC(C)(C)C)c1ccc(C)cc1. The number of hydrogen-bond acceptors (Lipinski definition) is 4. The largest absolute Gasteiger partial charge is 0.464 e. The van der Waals surface area contributed by atoms with Gasteiger partial charge in [-0.1, -0.05) is 35.0 Å². The fourth-order valence-electron chi connectivity index (χ4n) is 1.20. The molecule has 0 saturated carbocycles. The zero-order valence-electron chi connectivity index (χ0n) is 11.5. The predicted octanol–water partition coefficient (Wildman–Crippen LogP) is 2.69. The molecule has 0 atom stereocenters. The number of aryl methyl sites for hydroxylation is 1. The molecule has 0 radical (unpaired) electrons. The van der Waals surface area contributed by atoms with Crippen molar-refractivity contribution < 1.29 is 14.4 Å². The Labute approximate surface area is 108 Å². The van der Waals surface area contributed by atoms with Crippen molar-refractivity contribution in [3.05, 3.63) is 35.4 Å². The molecule has 0 fully saturated rings. The molecule has 0 amide bonds. The van der Waals surface area contributed by atoms with Crippen LogP contribution in [-0.4, -0.2) is 24.4 Å². The van der Waals surface area contributed by atoms with Crippen LogP contribution in [0.15, 0.2) is 29.4 Å². The summed E-state index contributed by atoms with van der Waals surface area (Å²) in [6.45, 7) is 7.56. The van der Waals surface area contributed by atoms with Crippen molar-refractivity contribution >= 4 is 11.7 Å². The Hall–Kier alpha value is -1.84. The van der Waals surface area contributed by atoms with Gasteiger partial charge in [0.2, 0.25) is 0 Å². The number of methoxy groups -OCH3 is 1. The van der Waals surface area contributed by atoms with Crippen molar-refractivity contribution in [1.29, 1.82) is 0 Å². The molecule has 4 nitrogen and oxygen atoms in total. The molecule has 0 spiro atoms. The van der Waals surface area contributed by atoms with Gasteiger partial charge in [0.1, 0.15) is 5.60 Å². The molecule has 0 N–H and O–H groups in total. The molecule has 98 valence electrons. The molecule has 0 heterocycles. The van der Waals surface area contributed by atoms with E-state index in [1.54, 1.807) is 0 Å². The Balaban J connectivity index is 3.06. The van der Waals surface area contributed by atoms with E-state index in [4.69, 9.17) is 9.57 Å². The van der Waals surface area contributed by atoms with Crippen LogP contribution in [0.5, 0.6) is 0 Å². The lowest BCUT2D eigenvalue weighted by Gasteiger charge is -2.16. The average Bonchev–Trinajstić information content (AvgIpc) is 2.29. The van der Waals surface area contributed by atoms with E-state index in [1.165, 1.54) is 7.11 Å². The van der Waals surface area contributed by atoms with Crippen LogP contribution in [0.3, 0.4) is 0 Å². The first-order chi connectivity index (χ1) is 8.33. The summed E-state index contributed by atoms with van der Waals surface area (Å²) in [6, 6.07) is 7.45. The maximum atomic E-state index is 11.7. The number of rotatable bonds is 3. The molecular formula is C14H19NO3. The van der Waals surface area contributed by atoms with Crippen LogP contribution >= 0.6 is 0 Å². The summed E-state index contributed by atoms with van der Waals surface area (Å²) < 4.78 is 4.71. The molecule has 1 aromatic carbocycles. The van der Waals surface area contributed by atoms with Crippen LogP contribution in [-0.2, 0) is 14.4 Å². The number of ether oxygens (including phenoxy) is 1. The Kier molecular flexibility index (Phi) is 4.48. The van der Waals surface area contributed by atoms with Gasteiger partial charge in [-0.15, -0.1) is 0 Å². The van der Waals surface area contributed by atoms with Gasteiger partial charge < -0.3 is 9.57 Å². The van der Waals surface area contributed by atoms with Crippen LogP contribution in [0.4, 0.5) is 0 Å². The number of carbonyl (C=O) groups excluding carboxylic acids is 1. The number of esters is 1. The Morgan fingerprint density at radius 1 is 1.17 bits per heavy atom. The zero-order valence-corrected chi connectivity index (χ0v) is 11.5. The summed E-state index contributed by atoms with van der Waals surface area (Å²) in [4.78, 5) is 17.0. The van der Waals surface area contributed by atoms with E-state index in [0.717, 1.165) is 5.56 Å². The number of benzene rings is 1. The van der Waals surface area contributed by atoms with Gasteiger partial charge in [0, 0.05) is 5.56 Å². The standard InChI is InChI=1S/C14H19NO3/c1-10-6-8-11(9-7-10)12(13(16)17-5)15-18-14(2,3)4/h6-9H,1-5H3/b15-12-. The second-order valence-corrected chi connectivity index (χ2v) is 5.00. The topological polar surface area (TPSA) is 47.9 Å². The lowest BCUT2D eigenvalue weighted by atomic mass is 10.1. The average molecular weight is 249 g/mol. The Morgan fingerprint density at radius 3 is 2.17 bits per heavy atom. The van der Waals surface area contributed by atoms with E-state index in [9.17, 15) is 4.79 Å². The third kappa shape index (κ3) is 4.20. The van der Waals surface area contributed by atoms with Gasteiger partial charge in [-0.05, 0) is 27.7 Å². The Bertz CT molecular complexity index is 441. The number of hydrogen-bond donors (Lipinski definition) is 0. The van der Waals surface area contributed by atoms with Crippen LogP contribution in [0, 0.1) is 6.92 Å². The first kappa shape index (κ1) is 14.2. The molecular weight excluding hydrogens is 230 g/mol. The monoisotopic (exact) mass is 249 g/mol. The van der Waals surface area contributed by atoms with Gasteiger partial charge in [-0.2, -0.15) is 0 Å². The zero-order chi connectivity index (χ0) is 13.8. The molecule has 0 aliphatic carbocycles. The van der Waals surface area contributed by atoms with Crippen molar-refractivity contribution in [2.24, 2.45) is 5.16 Å². The molecule has 0 bridgehead atoms. The van der Waals surface area contributed by atoms with Gasteiger partial charge in [-0.25, -0.2) is 4.79 Å². The van der Waals surface area contributed by atoms with Crippen LogP contribution in [0.25, 0.3) is 0 Å². The van der Waals surface area contributed by atoms with Crippen LogP contribution in [0.2, 0.25) is 0 Å². The fourth-order valence-corrected chi connectivity index (χ4v) is 1.20. The van der Waals surface area contributed by atoms with Crippen molar-refractivity contribution in [2.75, 3.05) is 7.11 Å². The smallest absolute Gasteiger partial charge is 0.360 e. The molecule has 0 aliphatic heterocycles. The predicted molar refractivity (Wildman–Crippen MR) is 70.6 cm³/mol. The molecule has 0 unspecified atom stereocenters. The van der Waals surface area contributed by atoms with E-state index in [2.05, 4.69) is 5.16 Å². The maximum Gasteiger partial charge on any atom is 0.360 e. The minimum Gasteiger partial charge on any atom is -0.464 e. The molecule has 0 aromatic heterocycles. The highest BCUT2D eigenvalue weighted by atomic mass is 16.6. The van der Waals surface area contributed by atoms with Gasteiger partial charge in [0.05, 0.1) is 7.11 Å². The first-order valence-corrected chi connectivity index (χ1v) is 5.75. The molecule has 1 rings (SSSR count). The normalized spacial score (nSPS) is 12.2. The highest BCUT2D eigenvalue weighted by molar-refractivity contribution is 6.43. The highest BCUT2D eigenvalue weighted by Gasteiger charge is 2.18. The van der Waals surface area contributed by atoms with E-state index in [-0.39, 0.29) is 5.71 Å². The number of carbonyl (C=O) groups is 1. The van der Waals surface area contributed by atoms with E-state index < -0.39 is 11.6 Å². The van der Waals surface area contributed by atoms with E-state index in [1.807, 2.05) is 52.0 Å². The molecule has 0 saturated heterocycles. The van der Waals surface area contributed by atoms with E-state index >= 15 is 0 Å². The van der Waals surface area contributed by atoms with E-state index in [0.29, 0.717) is 5.56 Å². The third-order valence-electron chi connectivity index (χ3n) is 2.11. The second-order valence-electron chi connectivity index (χ2n) is 5.00.